The van der Waals surface area contributed by atoms with Crippen molar-refractivity contribution < 1.29 is 22.8 Å². The third kappa shape index (κ3) is 2.12. The molecule has 3 atom stereocenters. The first-order chi connectivity index (χ1) is 9.80. The molecule has 2 heterocycles. The summed E-state index contributed by atoms with van der Waals surface area (Å²) in [6, 6.07) is 4.29. The number of carbonyl (C=O) groups excluding carboxylic acids is 2. The quantitative estimate of drug-likeness (QED) is 0.801. The summed E-state index contributed by atoms with van der Waals surface area (Å²) in [5.41, 5.74) is -0.140. The minimum atomic E-state index is -4.39. The van der Waals surface area contributed by atoms with Crippen molar-refractivity contribution in [1.82, 2.24) is 10.2 Å². The predicted molar refractivity (Wildman–Crippen MR) is 66.9 cm³/mol. The second-order valence-electron chi connectivity index (χ2n) is 5.37. The molecule has 0 spiro atoms. The van der Waals surface area contributed by atoms with Crippen LogP contribution in [0.25, 0.3) is 0 Å². The van der Waals surface area contributed by atoms with Gasteiger partial charge in [0.05, 0.1) is 17.4 Å². The maximum absolute atomic E-state index is 12.6. The number of halogens is 3. The van der Waals surface area contributed by atoms with Gasteiger partial charge in [0.25, 0.3) is 0 Å². The molecule has 0 saturated carbocycles. The number of benzene rings is 1. The first-order valence-corrected chi connectivity index (χ1v) is 6.52. The third-order valence-corrected chi connectivity index (χ3v) is 4.21. The Balaban J connectivity index is 1.88. The molecule has 1 aromatic carbocycles. The average molecular weight is 298 g/mol. The van der Waals surface area contributed by atoms with Gasteiger partial charge < -0.3 is 5.32 Å². The number of imide groups is 1. The molecule has 2 amide bonds. The summed E-state index contributed by atoms with van der Waals surface area (Å²) in [4.78, 5) is 25.1. The molecule has 21 heavy (non-hydrogen) atoms. The highest BCUT2D eigenvalue weighted by atomic mass is 19.4. The molecule has 112 valence electrons. The maximum Gasteiger partial charge on any atom is 0.416 e. The van der Waals surface area contributed by atoms with Gasteiger partial charge in [0.1, 0.15) is 0 Å². The number of fused-ring (bicyclic) bond motifs is 1. The Bertz CT molecular complexity index is 597. The lowest BCUT2D eigenvalue weighted by Gasteiger charge is -2.18. The lowest BCUT2D eigenvalue weighted by atomic mass is 9.89. The van der Waals surface area contributed by atoms with Crippen LogP contribution in [0.5, 0.6) is 0 Å². The highest BCUT2D eigenvalue weighted by Gasteiger charge is 2.53. The number of nitrogens with zero attached hydrogens (tertiary/aromatic N) is 1. The number of amides is 2. The second-order valence-corrected chi connectivity index (χ2v) is 5.37. The molecular weight excluding hydrogens is 285 g/mol. The molecule has 7 heteroatoms. The Morgan fingerprint density at radius 3 is 2.33 bits per heavy atom. The summed E-state index contributed by atoms with van der Waals surface area (Å²) in [5, 5.41) is 3.06. The molecule has 1 N–H and O–H groups in total. The summed E-state index contributed by atoms with van der Waals surface area (Å²) < 4.78 is 37.7. The molecule has 2 aliphatic rings. The van der Waals surface area contributed by atoms with E-state index in [1.165, 1.54) is 19.2 Å². The third-order valence-electron chi connectivity index (χ3n) is 4.21. The van der Waals surface area contributed by atoms with Crippen molar-refractivity contribution in [3.05, 3.63) is 35.4 Å². The van der Waals surface area contributed by atoms with Crippen LogP contribution in [-0.2, 0) is 15.8 Å². The van der Waals surface area contributed by atoms with Crippen molar-refractivity contribution in [2.45, 2.75) is 12.2 Å². The normalized spacial score (nSPS) is 29.1. The number of rotatable bonds is 1. The first kappa shape index (κ1) is 14.1. The number of hydrogen-bond acceptors (Lipinski definition) is 3. The van der Waals surface area contributed by atoms with Crippen molar-refractivity contribution in [3.8, 4) is 0 Å². The monoisotopic (exact) mass is 298 g/mol. The maximum atomic E-state index is 12.6. The van der Waals surface area contributed by atoms with Crippen LogP contribution < -0.4 is 5.32 Å². The number of nitrogens with one attached hydrogen (secondary N) is 1. The van der Waals surface area contributed by atoms with E-state index in [2.05, 4.69) is 5.32 Å². The molecule has 3 rings (SSSR count). The van der Waals surface area contributed by atoms with Crippen LogP contribution in [0.3, 0.4) is 0 Å². The van der Waals surface area contributed by atoms with E-state index in [-0.39, 0.29) is 11.8 Å². The zero-order valence-electron chi connectivity index (χ0n) is 11.1. The number of likely N-dealkylation sites (tertiary alicyclic amines) is 1. The lowest BCUT2D eigenvalue weighted by Crippen LogP contribution is -2.32. The van der Waals surface area contributed by atoms with Gasteiger partial charge in [-0.25, -0.2) is 0 Å². The molecular formula is C14H13F3N2O2. The van der Waals surface area contributed by atoms with Crippen molar-refractivity contribution in [2.24, 2.45) is 11.8 Å². The minimum absolute atomic E-state index is 0.230. The van der Waals surface area contributed by atoms with Gasteiger partial charge in [-0.15, -0.1) is 0 Å². The first-order valence-electron chi connectivity index (χ1n) is 6.52. The van der Waals surface area contributed by atoms with E-state index in [9.17, 15) is 22.8 Å². The highest BCUT2D eigenvalue weighted by molar-refractivity contribution is 6.05. The SMILES string of the molecule is CN1C(=O)[C@H]2CNC(c3ccc(C(F)(F)F)cc3)[C@H]2C1=O. The van der Waals surface area contributed by atoms with Gasteiger partial charge >= 0.3 is 6.18 Å². The van der Waals surface area contributed by atoms with Crippen molar-refractivity contribution >= 4 is 11.8 Å². The largest absolute Gasteiger partial charge is 0.416 e. The van der Waals surface area contributed by atoms with Gasteiger partial charge in [0.15, 0.2) is 0 Å². The summed E-state index contributed by atoms with van der Waals surface area (Å²) in [5.74, 6) is -1.46. The summed E-state index contributed by atoms with van der Waals surface area (Å²) in [7, 11) is 1.44. The molecule has 4 nitrogen and oxygen atoms in total. The van der Waals surface area contributed by atoms with E-state index in [4.69, 9.17) is 0 Å². The van der Waals surface area contributed by atoms with Crippen molar-refractivity contribution in [2.75, 3.05) is 13.6 Å². The van der Waals surface area contributed by atoms with Gasteiger partial charge in [-0.05, 0) is 17.7 Å². The second kappa shape index (κ2) is 4.56. The van der Waals surface area contributed by atoms with E-state index in [0.717, 1.165) is 17.0 Å². The molecule has 2 saturated heterocycles. The van der Waals surface area contributed by atoms with Crippen LogP contribution in [0.1, 0.15) is 17.2 Å². The van der Waals surface area contributed by atoms with Crippen molar-refractivity contribution in [1.29, 1.82) is 0 Å². The standard InChI is InChI=1S/C14H13F3N2O2/c1-19-12(20)9-6-18-11(10(9)13(19)21)7-2-4-8(5-3-7)14(15,16)17/h2-5,9-11,18H,6H2,1H3/t9-,10-,11?/m0/s1. The van der Waals surface area contributed by atoms with Crippen LogP contribution in [0.4, 0.5) is 13.2 Å². The van der Waals surface area contributed by atoms with Gasteiger partial charge in [-0.1, -0.05) is 12.1 Å². The van der Waals surface area contributed by atoms with Gasteiger partial charge in [0, 0.05) is 19.6 Å². The minimum Gasteiger partial charge on any atom is -0.308 e. The number of hydrogen-bond donors (Lipinski definition) is 1. The Morgan fingerprint density at radius 1 is 1.14 bits per heavy atom. The van der Waals surface area contributed by atoms with Crippen molar-refractivity contribution in [3.63, 3.8) is 0 Å². The number of carbonyl (C=O) groups is 2. The molecule has 1 unspecified atom stereocenters. The number of alkyl halides is 3. The van der Waals surface area contributed by atoms with E-state index in [1.54, 1.807) is 0 Å². The van der Waals surface area contributed by atoms with Crippen LogP contribution in [-0.4, -0.2) is 30.3 Å². The molecule has 0 aromatic heterocycles. The fraction of sp³-hybridized carbons (Fsp3) is 0.429. The van der Waals surface area contributed by atoms with E-state index >= 15 is 0 Å². The van der Waals surface area contributed by atoms with Crippen LogP contribution in [0.2, 0.25) is 0 Å². The molecule has 0 radical (unpaired) electrons. The smallest absolute Gasteiger partial charge is 0.308 e. The highest BCUT2D eigenvalue weighted by Crippen LogP contribution is 2.40. The predicted octanol–water partition coefficient (Wildman–Crippen LogP) is 1.58. The van der Waals surface area contributed by atoms with E-state index < -0.39 is 29.6 Å². The van der Waals surface area contributed by atoms with Crippen LogP contribution >= 0.6 is 0 Å². The van der Waals surface area contributed by atoms with Gasteiger partial charge in [-0.3, -0.25) is 14.5 Å². The fourth-order valence-electron chi connectivity index (χ4n) is 3.08. The molecule has 1 aromatic rings. The Morgan fingerprint density at radius 2 is 1.76 bits per heavy atom. The van der Waals surface area contributed by atoms with E-state index in [1.807, 2.05) is 0 Å². The fourth-order valence-corrected chi connectivity index (χ4v) is 3.08. The summed E-state index contributed by atoms with van der Waals surface area (Å²) in [6.45, 7) is 0.366. The molecule has 2 aliphatic heterocycles. The van der Waals surface area contributed by atoms with Crippen LogP contribution in [0, 0.1) is 11.8 Å². The molecule has 0 aliphatic carbocycles. The Hall–Kier alpha value is -1.89. The Labute approximate surface area is 118 Å². The Kier molecular flexibility index (Phi) is 3.05. The van der Waals surface area contributed by atoms with Gasteiger partial charge in [-0.2, -0.15) is 13.2 Å². The molecule has 0 bridgehead atoms. The van der Waals surface area contributed by atoms with E-state index in [0.29, 0.717) is 12.1 Å². The van der Waals surface area contributed by atoms with Crippen LogP contribution in [0.15, 0.2) is 24.3 Å². The molecule has 2 fully saturated rings. The zero-order chi connectivity index (χ0) is 15.4. The lowest BCUT2D eigenvalue weighted by molar-refractivity contribution is -0.139. The summed E-state index contributed by atoms with van der Waals surface area (Å²) in [6.07, 6.45) is -4.39. The zero-order valence-corrected chi connectivity index (χ0v) is 11.1. The van der Waals surface area contributed by atoms with Gasteiger partial charge in [0.2, 0.25) is 11.8 Å². The summed E-state index contributed by atoms with van der Waals surface area (Å²) >= 11 is 0. The topological polar surface area (TPSA) is 49.4 Å². The average Bonchev–Trinajstić information content (AvgIpc) is 2.96.